The van der Waals surface area contributed by atoms with Crippen molar-refractivity contribution in [2.75, 3.05) is 0 Å². The van der Waals surface area contributed by atoms with E-state index in [1.54, 1.807) is 0 Å². The van der Waals surface area contributed by atoms with Crippen molar-refractivity contribution >= 4 is 5.97 Å². The molecule has 2 saturated carbocycles. The third kappa shape index (κ3) is 4.14. The number of rotatable bonds is 5. The molecule has 0 radical (unpaired) electrons. The minimum Gasteiger partial charge on any atom is -0.481 e. The molecule has 2 aliphatic carbocycles. The summed E-state index contributed by atoms with van der Waals surface area (Å²) in [7, 11) is 2.01. The highest BCUT2D eigenvalue weighted by Gasteiger charge is 2.26. The van der Waals surface area contributed by atoms with E-state index < -0.39 is 5.97 Å². The summed E-state index contributed by atoms with van der Waals surface area (Å²) in [6.45, 7) is 0.863. The van der Waals surface area contributed by atoms with Crippen molar-refractivity contribution < 1.29 is 9.90 Å². The maximum atomic E-state index is 11.0. The van der Waals surface area contributed by atoms with Crippen LogP contribution < -0.4 is 5.32 Å². The summed E-state index contributed by atoms with van der Waals surface area (Å²) in [4.78, 5) is 11.0. The van der Waals surface area contributed by atoms with Gasteiger partial charge >= 0.3 is 5.97 Å². The monoisotopic (exact) mass is 319 g/mol. The van der Waals surface area contributed by atoms with Gasteiger partial charge in [0, 0.05) is 37.3 Å². The second-order valence-corrected chi connectivity index (χ2v) is 7.32. The Labute approximate surface area is 138 Å². The van der Waals surface area contributed by atoms with E-state index in [4.69, 9.17) is 10.2 Å². The Kier molecular flexibility index (Phi) is 5.36. The number of nitrogens with one attached hydrogen (secondary N) is 1. The molecule has 1 heterocycles. The zero-order chi connectivity index (χ0) is 16.2. The number of carboxylic acids is 1. The minimum atomic E-state index is -0.629. The zero-order valence-corrected chi connectivity index (χ0v) is 14.1. The highest BCUT2D eigenvalue weighted by molar-refractivity contribution is 5.70. The molecule has 0 spiro atoms. The molecule has 0 aliphatic heterocycles. The molecular formula is C18H29N3O2. The maximum absolute atomic E-state index is 11.0. The molecule has 0 atom stereocenters. The average molecular weight is 319 g/mol. The smallest absolute Gasteiger partial charge is 0.306 e. The molecule has 0 unspecified atom stereocenters. The van der Waals surface area contributed by atoms with Gasteiger partial charge in [-0.05, 0) is 38.5 Å². The molecule has 2 aliphatic rings. The lowest BCUT2D eigenvalue weighted by atomic mass is 9.85. The standard InChI is InChI=1S/C18H29N3O2/c1-21-12-15(17(20-21)13-5-3-2-4-6-13)11-19-16-9-7-14(8-10-16)18(22)23/h12-14,16,19H,2-11H2,1H3,(H,22,23). The molecule has 23 heavy (non-hydrogen) atoms. The summed E-state index contributed by atoms with van der Waals surface area (Å²) >= 11 is 0. The van der Waals surface area contributed by atoms with Crippen LogP contribution in [0.2, 0.25) is 0 Å². The van der Waals surface area contributed by atoms with Gasteiger partial charge in [0.2, 0.25) is 0 Å². The fraction of sp³-hybridized carbons (Fsp3) is 0.778. The topological polar surface area (TPSA) is 67.2 Å². The number of aliphatic carboxylic acids is 1. The van der Waals surface area contributed by atoms with E-state index in [2.05, 4.69) is 11.5 Å². The number of carboxylic acid groups (broad SMARTS) is 1. The van der Waals surface area contributed by atoms with Gasteiger partial charge in [-0.1, -0.05) is 19.3 Å². The Bertz CT molecular complexity index is 526. The Morgan fingerprint density at radius 1 is 1.22 bits per heavy atom. The van der Waals surface area contributed by atoms with Gasteiger partial charge in [-0.15, -0.1) is 0 Å². The van der Waals surface area contributed by atoms with E-state index in [-0.39, 0.29) is 5.92 Å². The molecule has 128 valence electrons. The number of hydrogen-bond donors (Lipinski definition) is 2. The van der Waals surface area contributed by atoms with Gasteiger partial charge in [-0.2, -0.15) is 5.10 Å². The van der Waals surface area contributed by atoms with Crippen molar-refractivity contribution in [3.63, 3.8) is 0 Å². The Balaban J connectivity index is 1.55. The Morgan fingerprint density at radius 2 is 1.91 bits per heavy atom. The summed E-state index contributed by atoms with van der Waals surface area (Å²) in [6, 6.07) is 0.449. The summed E-state index contributed by atoms with van der Waals surface area (Å²) in [6.07, 6.45) is 12.3. The van der Waals surface area contributed by atoms with Crippen LogP contribution in [0.1, 0.15) is 75.0 Å². The molecule has 5 heteroatoms. The van der Waals surface area contributed by atoms with Crippen LogP contribution in [0.4, 0.5) is 0 Å². The van der Waals surface area contributed by atoms with Crippen LogP contribution in [-0.2, 0) is 18.4 Å². The lowest BCUT2D eigenvalue weighted by Gasteiger charge is -2.27. The van der Waals surface area contributed by atoms with E-state index in [9.17, 15) is 4.79 Å². The fourth-order valence-electron chi connectivity index (χ4n) is 4.21. The normalized spacial score (nSPS) is 26.3. The summed E-state index contributed by atoms with van der Waals surface area (Å²) in [5, 5.41) is 17.5. The molecule has 1 aromatic rings. The Morgan fingerprint density at radius 3 is 2.57 bits per heavy atom. The van der Waals surface area contributed by atoms with Gasteiger partial charge < -0.3 is 10.4 Å². The molecule has 2 N–H and O–H groups in total. The number of aryl methyl sites for hydroxylation is 1. The van der Waals surface area contributed by atoms with Crippen LogP contribution in [0.3, 0.4) is 0 Å². The van der Waals surface area contributed by atoms with Crippen LogP contribution in [0.15, 0.2) is 6.20 Å². The fourth-order valence-corrected chi connectivity index (χ4v) is 4.21. The van der Waals surface area contributed by atoms with Crippen molar-refractivity contribution in [1.29, 1.82) is 0 Å². The van der Waals surface area contributed by atoms with Crippen molar-refractivity contribution in [2.45, 2.75) is 76.3 Å². The van der Waals surface area contributed by atoms with Crippen molar-refractivity contribution in [1.82, 2.24) is 15.1 Å². The van der Waals surface area contributed by atoms with Crippen molar-refractivity contribution in [3.8, 4) is 0 Å². The number of carbonyl (C=O) groups is 1. The largest absolute Gasteiger partial charge is 0.481 e. The maximum Gasteiger partial charge on any atom is 0.306 e. The summed E-state index contributed by atoms with van der Waals surface area (Å²) in [5.74, 6) is -0.135. The molecular weight excluding hydrogens is 290 g/mol. The number of hydrogen-bond acceptors (Lipinski definition) is 3. The van der Waals surface area contributed by atoms with Crippen LogP contribution in [0.25, 0.3) is 0 Å². The van der Waals surface area contributed by atoms with Gasteiger partial charge in [0.25, 0.3) is 0 Å². The van der Waals surface area contributed by atoms with Crippen LogP contribution >= 0.6 is 0 Å². The van der Waals surface area contributed by atoms with Gasteiger partial charge in [-0.25, -0.2) is 0 Å². The molecule has 2 fully saturated rings. The second kappa shape index (κ2) is 7.47. The molecule has 5 nitrogen and oxygen atoms in total. The SMILES string of the molecule is Cn1cc(CNC2CCC(C(=O)O)CC2)c(C2CCCCC2)n1. The van der Waals surface area contributed by atoms with E-state index >= 15 is 0 Å². The number of nitrogens with zero attached hydrogens (tertiary/aromatic N) is 2. The van der Waals surface area contributed by atoms with Crippen molar-refractivity contribution in [2.24, 2.45) is 13.0 Å². The van der Waals surface area contributed by atoms with E-state index in [1.807, 2.05) is 11.7 Å². The van der Waals surface area contributed by atoms with Crippen LogP contribution in [0, 0.1) is 5.92 Å². The van der Waals surface area contributed by atoms with Crippen molar-refractivity contribution in [3.05, 3.63) is 17.5 Å². The first-order valence-electron chi connectivity index (χ1n) is 9.12. The molecule has 0 aromatic carbocycles. The molecule has 0 saturated heterocycles. The third-order valence-corrected chi connectivity index (χ3v) is 5.59. The van der Waals surface area contributed by atoms with Crippen LogP contribution in [-0.4, -0.2) is 26.9 Å². The highest BCUT2D eigenvalue weighted by Crippen LogP contribution is 2.33. The van der Waals surface area contributed by atoms with Gasteiger partial charge in [0.05, 0.1) is 11.6 Å². The van der Waals surface area contributed by atoms with Gasteiger partial charge in [-0.3, -0.25) is 9.48 Å². The third-order valence-electron chi connectivity index (χ3n) is 5.59. The van der Waals surface area contributed by atoms with Gasteiger partial charge in [0.15, 0.2) is 0 Å². The summed E-state index contributed by atoms with van der Waals surface area (Å²) < 4.78 is 1.95. The van der Waals surface area contributed by atoms with E-state index in [0.717, 1.165) is 32.2 Å². The van der Waals surface area contributed by atoms with Crippen LogP contribution in [0.5, 0.6) is 0 Å². The van der Waals surface area contributed by atoms with E-state index in [1.165, 1.54) is 43.4 Å². The first-order valence-corrected chi connectivity index (χ1v) is 9.12. The molecule has 0 amide bonds. The highest BCUT2D eigenvalue weighted by atomic mass is 16.4. The lowest BCUT2D eigenvalue weighted by Crippen LogP contribution is -2.34. The molecule has 3 rings (SSSR count). The first kappa shape index (κ1) is 16.5. The average Bonchev–Trinajstić information content (AvgIpc) is 2.95. The Hall–Kier alpha value is -1.36. The number of aromatic nitrogens is 2. The second-order valence-electron chi connectivity index (χ2n) is 7.32. The van der Waals surface area contributed by atoms with Gasteiger partial charge in [0.1, 0.15) is 0 Å². The first-order chi connectivity index (χ1) is 11.1. The quantitative estimate of drug-likeness (QED) is 0.874. The van der Waals surface area contributed by atoms with E-state index in [0.29, 0.717) is 12.0 Å². The lowest BCUT2D eigenvalue weighted by molar-refractivity contribution is -0.142. The molecule has 1 aromatic heterocycles. The zero-order valence-electron chi connectivity index (χ0n) is 14.1. The predicted octanol–water partition coefficient (Wildman–Crippen LogP) is 3.20. The molecule has 0 bridgehead atoms. The minimum absolute atomic E-state index is 0.135. The predicted molar refractivity (Wildman–Crippen MR) is 89.3 cm³/mol. The summed E-state index contributed by atoms with van der Waals surface area (Å²) in [5.41, 5.74) is 2.62.